The van der Waals surface area contributed by atoms with Crippen LogP contribution < -0.4 is 16.6 Å². The summed E-state index contributed by atoms with van der Waals surface area (Å²) < 4.78 is 14.7. The number of carbonyl (C=O) groups is 1. The summed E-state index contributed by atoms with van der Waals surface area (Å²) in [5, 5.41) is 4.31. The van der Waals surface area contributed by atoms with Crippen molar-refractivity contribution < 1.29 is 9.18 Å². The highest BCUT2D eigenvalue weighted by Crippen LogP contribution is 2.39. The number of nitrogens with zero attached hydrogens (tertiary/aromatic N) is 2. The largest absolute Gasteiger partial charge is 0.397 e. The van der Waals surface area contributed by atoms with Crippen molar-refractivity contribution in [2.24, 2.45) is 5.92 Å². The molecule has 1 aromatic carbocycles. The van der Waals surface area contributed by atoms with Gasteiger partial charge in [0.1, 0.15) is 12.0 Å². The maximum atomic E-state index is 13.1. The van der Waals surface area contributed by atoms with Crippen LogP contribution in [0.4, 0.5) is 15.9 Å². The normalized spacial score (nSPS) is 18.1. The molecule has 3 N–H and O–H groups in total. The summed E-state index contributed by atoms with van der Waals surface area (Å²) in [6.07, 6.45) is 2.48. The number of carbonyl (C=O) groups excluding carboxylic acids is 1. The summed E-state index contributed by atoms with van der Waals surface area (Å²) in [5.41, 5.74) is 8.66. The number of nitrogens with one attached hydrogen (secondary N) is 1. The van der Waals surface area contributed by atoms with Gasteiger partial charge in [0.25, 0.3) is 5.56 Å². The number of fused-ring (bicyclic) bond motifs is 1. The van der Waals surface area contributed by atoms with Gasteiger partial charge in [-0.15, -0.1) is 0 Å². The molecule has 1 aliphatic carbocycles. The lowest BCUT2D eigenvalue weighted by atomic mass is 9.98. The number of hydrogen-bond acceptors (Lipinski definition) is 4. The fourth-order valence-electron chi connectivity index (χ4n) is 3.44. The number of anilines is 2. The Morgan fingerprint density at radius 2 is 2.10 bits per heavy atom. The molecule has 29 heavy (non-hydrogen) atoms. The minimum atomic E-state index is -1.08. The summed E-state index contributed by atoms with van der Waals surface area (Å²) >= 11 is 6.52. The average Bonchev–Trinajstić information content (AvgIpc) is 3.43. The number of rotatable bonds is 4. The van der Waals surface area contributed by atoms with Crippen LogP contribution in [0.1, 0.15) is 18.9 Å². The van der Waals surface area contributed by atoms with Crippen molar-refractivity contribution in [1.29, 1.82) is 0 Å². The number of amides is 1. The van der Waals surface area contributed by atoms with E-state index in [9.17, 15) is 14.0 Å². The van der Waals surface area contributed by atoms with Crippen LogP contribution >= 0.6 is 11.6 Å². The number of aryl methyl sites for hydroxylation is 2. The number of nitrogen functional groups attached to an aromatic ring is 1. The fourth-order valence-corrected chi connectivity index (χ4v) is 3.70. The topological polar surface area (TPSA) is 90.0 Å². The molecule has 0 saturated heterocycles. The highest BCUT2D eigenvalue weighted by molar-refractivity contribution is 6.37. The first-order valence-electron chi connectivity index (χ1n) is 9.34. The van der Waals surface area contributed by atoms with E-state index in [4.69, 9.17) is 17.3 Å². The molecule has 1 amide bonds. The zero-order chi connectivity index (χ0) is 20.9. The van der Waals surface area contributed by atoms with E-state index in [0.29, 0.717) is 45.0 Å². The molecule has 1 saturated carbocycles. The summed E-state index contributed by atoms with van der Waals surface area (Å²) in [4.78, 5) is 28.5. The van der Waals surface area contributed by atoms with Crippen molar-refractivity contribution in [3.05, 3.63) is 51.5 Å². The number of aromatic nitrogens is 2. The SMILES string of the molecule is CCn1cc(C)c(-c2cc3cc(NC(=O)[C@@H]4C[C@@H]4F)ncc3c(N)c2Cl)cc1=O. The fraction of sp³-hybridized carbons (Fsp3) is 0.286. The highest BCUT2D eigenvalue weighted by atomic mass is 35.5. The Balaban J connectivity index is 1.81. The van der Waals surface area contributed by atoms with Crippen molar-refractivity contribution in [3.8, 4) is 11.1 Å². The standard InChI is InChI=1S/C21H20ClFN4O2/c1-3-27-9-10(2)12(7-18(27)28)13-4-11-5-17(26-21(29)14-6-16(14)23)25-8-15(11)20(24)19(13)22/h4-5,7-9,14,16H,3,6,24H2,1-2H3,(H,25,26,29)/t14-,16+/m1/s1. The Kier molecular flexibility index (Phi) is 4.78. The lowest BCUT2D eigenvalue weighted by molar-refractivity contribution is -0.117. The molecule has 2 heterocycles. The van der Waals surface area contributed by atoms with Crippen molar-refractivity contribution in [1.82, 2.24) is 9.55 Å². The molecule has 2 atom stereocenters. The zero-order valence-electron chi connectivity index (χ0n) is 16.0. The van der Waals surface area contributed by atoms with E-state index in [1.165, 1.54) is 6.20 Å². The van der Waals surface area contributed by atoms with Gasteiger partial charge >= 0.3 is 0 Å². The molecule has 0 spiro atoms. The number of nitrogens with two attached hydrogens (primary N) is 1. The van der Waals surface area contributed by atoms with Crippen LogP contribution in [-0.2, 0) is 11.3 Å². The van der Waals surface area contributed by atoms with Crippen LogP contribution in [-0.4, -0.2) is 21.6 Å². The van der Waals surface area contributed by atoms with Crippen LogP contribution in [0.3, 0.4) is 0 Å². The van der Waals surface area contributed by atoms with Gasteiger partial charge in [-0.05, 0) is 48.9 Å². The monoisotopic (exact) mass is 414 g/mol. The molecular weight excluding hydrogens is 395 g/mol. The molecule has 0 bridgehead atoms. The predicted molar refractivity (Wildman–Crippen MR) is 113 cm³/mol. The molecule has 3 aromatic rings. The van der Waals surface area contributed by atoms with Crippen molar-refractivity contribution in [3.63, 3.8) is 0 Å². The smallest absolute Gasteiger partial charge is 0.251 e. The van der Waals surface area contributed by atoms with Gasteiger partial charge in [0.05, 0.1) is 16.6 Å². The van der Waals surface area contributed by atoms with Crippen LogP contribution in [0.25, 0.3) is 21.9 Å². The van der Waals surface area contributed by atoms with E-state index in [2.05, 4.69) is 10.3 Å². The lowest BCUT2D eigenvalue weighted by Gasteiger charge is -2.15. The van der Waals surface area contributed by atoms with Crippen LogP contribution in [0, 0.1) is 12.8 Å². The van der Waals surface area contributed by atoms with Crippen molar-refractivity contribution in [2.45, 2.75) is 33.0 Å². The maximum Gasteiger partial charge on any atom is 0.251 e. The number of hydrogen-bond donors (Lipinski definition) is 2. The summed E-state index contributed by atoms with van der Waals surface area (Å²) in [7, 11) is 0. The van der Waals surface area contributed by atoms with E-state index >= 15 is 0 Å². The molecule has 1 fully saturated rings. The number of benzene rings is 1. The quantitative estimate of drug-likeness (QED) is 0.633. The third-order valence-corrected chi connectivity index (χ3v) is 5.66. The zero-order valence-corrected chi connectivity index (χ0v) is 16.8. The first-order chi connectivity index (χ1) is 13.8. The summed E-state index contributed by atoms with van der Waals surface area (Å²) in [5.74, 6) is -0.677. The average molecular weight is 415 g/mol. The van der Waals surface area contributed by atoms with E-state index < -0.39 is 12.1 Å². The van der Waals surface area contributed by atoms with Crippen molar-refractivity contribution >= 4 is 39.8 Å². The third kappa shape index (κ3) is 3.46. The Morgan fingerprint density at radius 1 is 1.38 bits per heavy atom. The van der Waals surface area contributed by atoms with Gasteiger partial charge in [-0.3, -0.25) is 9.59 Å². The Labute approximate surface area is 171 Å². The maximum absolute atomic E-state index is 13.1. The second-order valence-corrected chi connectivity index (χ2v) is 7.66. The molecule has 8 heteroatoms. The molecular formula is C21H20ClFN4O2. The van der Waals surface area contributed by atoms with Gasteiger partial charge in [0.2, 0.25) is 5.91 Å². The predicted octanol–water partition coefficient (Wildman–Crippen LogP) is 3.92. The molecule has 1 aliphatic rings. The first-order valence-corrected chi connectivity index (χ1v) is 9.72. The van der Waals surface area contributed by atoms with E-state index in [1.54, 1.807) is 22.9 Å². The molecule has 4 rings (SSSR count). The second-order valence-electron chi connectivity index (χ2n) is 7.28. The van der Waals surface area contributed by atoms with E-state index in [0.717, 1.165) is 5.56 Å². The van der Waals surface area contributed by atoms with Gasteiger partial charge in [-0.2, -0.15) is 0 Å². The molecule has 0 unspecified atom stereocenters. The summed E-state index contributed by atoms with van der Waals surface area (Å²) in [6, 6.07) is 5.03. The molecule has 0 radical (unpaired) electrons. The van der Waals surface area contributed by atoms with Gasteiger partial charge in [0.15, 0.2) is 0 Å². The van der Waals surface area contributed by atoms with E-state index in [-0.39, 0.29) is 17.9 Å². The molecule has 0 aliphatic heterocycles. The van der Waals surface area contributed by atoms with Crippen LogP contribution in [0.15, 0.2) is 35.4 Å². The Bertz CT molecular complexity index is 1210. The first kappa shape index (κ1) is 19.4. The number of pyridine rings is 2. The third-order valence-electron chi connectivity index (χ3n) is 5.26. The minimum Gasteiger partial charge on any atom is -0.397 e. The number of alkyl halides is 1. The minimum absolute atomic E-state index is 0.129. The van der Waals surface area contributed by atoms with Crippen molar-refractivity contribution in [2.75, 3.05) is 11.1 Å². The molecule has 2 aromatic heterocycles. The lowest BCUT2D eigenvalue weighted by Crippen LogP contribution is -2.18. The molecule has 6 nitrogen and oxygen atoms in total. The Morgan fingerprint density at radius 3 is 2.76 bits per heavy atom. The van der Waals surface area contributed by atoms with Gasteiger partial charge < -0.3 is 15.6 Å². The van der Waals surface area contributed by atoms with Gasteiger partial charge in [-0.25, -0.2) is 9.37 Å². The summed E-state index contributed by atoms with van der Waals surface area (Å²) in [6.45, 7) is 4.37. The van der Waals surface area contributed by atoms with Crippen LogP contribution in [0.5, 0.6) is 0 Å². The Hall–Kier alpha value is -2.93. The number of halogens is 2. The van der Waals surface area contributed by atoms with Gasteiger partial charge in [0, 0.05) is 36.0 Å². The molecule has 150 valence electrons. The van der Waals surface area contributed by atoms with Gasteiger partial charge in [-0.1, -0.05) is 11.6 Å². The van der Waals surface area contributed by atoms with E-state index in [1.807, 2.05) is 19.9 Å². The highest BCUT2D eigenvalue weighted by Gasteiger charge is 2.43. The van der Waals surface area contributed by atoms with Crippen LogP contribution in [0.2, 0.25) is 5.02 Å². The second kappa shape index (κ2) is 7.15.